The number of carboxylic acids is 1. The Labute approximate surface area is 75.9 Å². The van der Waals surface area contributed by atoms with Crippen molar-refractivity contribution in [2.75, 3.05) is 0 Å². The van der Waals surface area contributed by atoms with Crippen LogP contribution in [0.15, 0.2) is 12.2 Å². The van der Waals surface area contributed by atoms with E-state index in [-0.39, 0.29) is 12.3 Å². The molecule has 72 valence electrons. The molecule has 1 rings (SSSR count). The van der Waals surface area contributed by atoms with Crippen molar-refractivity contribution >= 4 is 11.8 Å². The number of carbonyl (C=O) groups is 2. The minimum absolute atomic E-state index is 0.104. The van der Waals surface area contributed by atoms with Crippen LogP contribution in [-0.4, -0.2) is 28.1 Å². The van der Waals surface area contributed by atoms with E-state index in [0.717, 1.165) is 6.42 Å². The van der Waals surface area contributed by atoms with E-state index in [1.54, 1.807) is 6.08 Å². The van der Waals surface area contributed by atoms with Gasteiger partial charge in [-0.3, -0.25) is 4.79 Å². The van der Waals surface area contributed by atoms with Crippen molar-refractivity contribution in [1.82, 2.24) is 0 Å². The second-order valence-electron chi connectivity index (χ2n) is 3.17. The molecule has 0 heterocycles. The summed E-state index contributed by atoms with van der Waals surface area (Å²) in [6, 6.07) is 0. The summed E-state index contributed by atoms with van der Waals surface area (Å²) >= 11 is 0. The van der Waals surface area contributed by atoms with Gasteiger partial charge in [0.05, 0.1) is 6.10 Å². The summed E-state index contributed by atoms with van der Waals surface area (Å²) in [6.45, 7) is 0. The van der Waals surface area contributed by atoms with Gasteiger partial charge in [0.15, 0.2) is 0 Å². The molecule has 4 heteroatoms. The number of carboxylic acid groups (broad SMARTS) is 1. The van der Waals surface area contributed by atoms with Crippen LogP contribution in [-0.2, 0) is 9.59 Å². The number of aliphatic hydroxyl groups excluding tert-OH is 1. The molecule has 0 saturated heterocycles. The van der Waals surface area contributed by atoms with Crippen molar-refractivity contribution < 1.29 is 19.8 Å². The van der Waals surface area contributed by atoms with Gasteiger partial charge in [0.1, 0.15) is 0 Å². The van der Waals surface area contributed by atoms with Gasteiger partial charge in [0, 0.05) is 12.3 Å². The predicted octanol–water partition coefficient (Wildman–Crippen LogP) is 0.357. The van der Waals surface area contributed by atoms with Gasteiger partial charge in [0.25, 0.3) is 0 Å². The van der Waals surface area contributed by atoms with E-state index < -0.39 is 17.9 Å². The number of hydrogen-bond donors (Lipinski definition) is 2. The molecule has 0 aliphatic heterocycles. The summed E-state index contributed by atoms with van der Waals surface area (Å²) in [7, 11) is 0. The topological polar surface area (TPSA) is 74.6 Å². The molecule has 0 aromatic heterocycles. The van der Waals surface area contributed by atoms with Crippen molar-refractivity contribution in [2.24, 2.45) is 5.92 Å². The van der Waals surface area contributed by atoms with Gasteiger partial charge < -0.3 is 10.2 Å². The molecule has 1 aliphatic rings. The average Bonchev–Trinajstić information content (AvgIpc) is 2.08. The Hall–Kier alpha value is -1.16. The van der Waals surface area contributed by atoms with Crippen LogP contribution >= 0.6 is 0 Å². The zero-order chi connectivity index (χ0) is 9.84. The van der Waals surface area contributed by atoms with Gasteiger partial charge >= 0.3 is 5.97 Å². The number of allylic oxidation sites excluding steroid dienone is 1. The fraction of sp³-hybridized carbons (Fsp3) is 0.556. The highest BCUT2D eigenvalue weighted by molar-refractivity contribution is 6.32. The fourth-order valence-corrected chi connectivity index (χ4v) is 1.39. The average molecular weight is 184 g/mol. The maximum absolute atomic E-state index is 10.8. The first-order chi connectivity index (χ1) is 6.11. The van der Waals surface area contributed by atoms with Crippen LogP contribution in [0, 0.1) is 5.92 Å². The summed E-state index contributed by atoms with van der Waals surface area (Å²) in [5, 5.41) is 17.7. The summed E-state index contributed by atoms with van der Waals surface area (Å²) in [5.74, 6) is -2.58. The minimum atomic E-state index is -1.42. The Morgan fingerprint density at radius 3 is 2.69 bits per heavy atom. The fourth-order valence-electron chi connectivity index (χ4n) is 1.39. The lowest BCUT2D eigenvalue weighted by molar-refractivity contribution is -0.149. The highest BCUT2D eigenvalue weighted by Gasteiger charge is 2.24. The summed E-state index contributed by atoms with van der Waals surface area (Å²) in [6.07, 6.45) is 4.30. The van der Waals surface area contributed by atoms with Gasteiger partial charge in [-0.2, -0.15) is 0 Å². The van der Waals surface area contributed by atoms with Crippen molar-refractivity contribution in [3.05, 3.63) is 12.2 Å². The number of aliphatic hydroxyl groups is 1. The third kappa shape index (κ3) is 2.66. The van der Waals surface area contributed by atoms with Gasteiger partial charge in [-0.05, 0) is 12.8 Å². The van der Waals surface area contributed by atoms with Gasteiger partial charge in [-0.1, -0.05) is 12.2 Å². The first-order valence-corrected chi connectivity index (χ1v) is 4.22. The summed E-state index contributed by atoms with van der Waals surface area (Å²) < 4.78 is 0. The SMILES string of the molecule is O=C(O)C(=O)CC1C=CCCC1O. The minimum Gasteiger partial charge on any atom is -0.476 e. The Balaban J connectivity index is 2.52. The van der Waals surface area contributed by atoms with Crippen LogP contribution in [0.1, 0.15) is 19.3 Å². The molecule has 0 radical (unpaired) electrons. The van der Waals surface area contributed by atoms with Gasteiger partial charge in [0.2, 0.25) is 5.78 Å². The van der Waals surface area contributed by atoms with Crippen LogP contribution in [0.2, 0.25) is 0 Å². The first-order valence-electron chi connectivity index (χ1n) is 4.22. The number of aliphatic carboxylic acids is 1. The molecule has 0 saturated carbocycles. The Morgan fingerprint density at radius 2 is 2.15 bits per heavy atom. The van der Waals surface area contributed by atoms with Gasteiger partial charge in [-0.25, -0.2) is 4.79 Å². The number of rotatable bonds is 3. The van der Waals surface area contributed by atoms with Crippen LogP contribution in [0.25, 0.3) is 0 Å². The number of Topliss-reactive ketones (excluding diaryl/α,β-unsaturated/α-hetero) is 1. The Morgan fingerprint density at radius 1 is 1.46 bits per heavy atom. The van der Waals surface area contributed by atoms with E-state index in [9.17, 15) is 14.7 Å². The Kier molecular flexibility index (Phi) is 3.19. The zero-order valence-electron chi connectivity index (χ0n) is 7.14. The Bertz CT molecular complexity index is 244. The molecule has 0 aromatic carbocycles. The molecule has 2 unspecified atom stereocenters. The summed E-state index contributed by atoms with van der Waals surface area (Å²) in [5.41, 5.74) is 0. The lowest BCUT2D eigenvalue weighted by Crippen LogP contribution is -2.26. The molecule has 0 spiro atoms. The second-order valence-corrected chi connectivity index (χ2v) is 3.17. The van der Waals surface area contributed by atoms with Crippen LogP contribution in [0.3, 0.4) is 0 Å². The smallest absolute Gasteiger partial charge is 0.372 e. The lowest BCUT2D eigenvalue weighted by atomic mass is 9.89. The molecule has 0 bridgehead atoms. The standard InChI is InChI=1S/C9H12O4/c10-7-4-2-1-3-6(7)5-8(11)9(12)13/h1,3,6-7,10H,2,4-5H2,(H,12,13). The van der Waals surface area contributed by atoms with E-state index in [1.165, 1.54) is 0 Å². The van der Waals surface area contributed by atoms with Crippen molar-refractivity contribution in [3.8, 4) is 0 Å². The van der Waals surface area contributed by atoms with Crippen LogP contribution < -0.4 is 0 Å². The molecule has 2 atom stereocenters. The molecular weight excluding hydrogens is 172 g/mol. The van der Waals surface area contributed by atoms with Crippen molar-refractivity contribution in [3.63, 3.8) is 0 Å². The molecule has 0 amide bonds. The second kappa shape index (κ2) is 4.18. The monoisotopic (exact) mass is 184 g/mol. The normalized spacial score (nSPS) is 27.2. The van der Waals surface area contributed by atoms with E-state index in [4.69, 9.17) is 5.11 Å². The largest absolute Gasteiger partial charge is 0.476 e. The number of hydrogen-bond acceptors (Lipinski definition) is 3. The molecule has 2 N–H and O–H groups in total. The van der Waals surface area contributed by atoms with Crippen LogP contribution in [0.5, 0.6) is 0 Å². The molecule has 4 nitrogen and oxygen atoms in total. The van der Waals surface area contributed by atoms with E-state index in [2.05, 4.69) is 0 Å². The van der Waals surface area contributed by atoms with Gasteiger partial charge in [-0.15, -0.1) is 0 Å². The highest BCUT2D eigenvalue weighted by Crippen LogP contribution is 2.21. The third-order valence-electron chi connectivity index (χ3n) is 2.17. The van der Waals surface area contributed by atoms with Crippen molar-refractivity contribution in [1.29, 1.82) is 0 Å². The van der Waals surface area contributed by atoms with Crippen LogP contribution in [0.4, 0.5) is 0 Å². The quantitative estimate of drug-likeness (QED) is 0.490. The highest BCUT2D eigenvalue weighted by atomic mass is 16.4. The number of carbonyl (C=O) groups excluding carboxylic acids is 1. The van der Waals surface area contributed by atoms with E-state index >= 15 is 0 Å². The third-order valence-corrected chi connectivity index (χ3v) is 2.17. The molecular formula is C9H12O4. The molecule has 1 aliphatic carbocycles. The first kappa shape index (κ1) is 9.92. The maximum atomic E-state index is 10.8. The molecule has 0 aromatic rings. The number of ketones is 1. The lowest BCUT2D eigenvalue weighted by Gasteiger charge is -2.21. The van der Waals surface area contributed by atoms with Crippen molar-refractivity contribution in [2.45, 2.75) is 25.4 Å². The predicted molar refractivity (Wildman–Crippen MR) is 45.1 cm³/mol. The molecule has 0 fully saturated rings. The van der Waals surface area contributed by atoms with E-state index in [0.29, 0.717) is 6.42 Å². The zero-order valence-corrected chi connectivity index (χ0v) is 7.14. The molecule has 13 heavy (non-hydrogen) atoms. The van der Waals surface area contributed by atoms with E-state index in [1.807, 2.05) is 6.08 Å². The maximum Gasteiger partial charge on any atom is 0.372 e. The summed E-state index contributed by atoms with van der Waals surface area (Å²) in [4.78, 5) is 21.0.